The van der Waals surface area contributed by atoms with Gasteiger partial charge in [0, 0.05) is 47.1 Å². The van der Waals surface area contributed by atoms with Gasteiger partial charge in [0.1, 0.15) is 5.60 Å². The summed E-state index contributed by atoms with van der Waals surface area (Å²) in [4.78, 5) is 37.2. The van der Waals surface area contributed by atoms with Gasteiger partial charge in [-0.2, -0.15) is 0 Å². The summed E-state index contributed by atoms with van der Waals surface area (Å²) in [7, 11) is 0. The fourth-order valence-corrected chi connectivity index (χ4v) is 6.09. The third kappa shape index (κ3) is 7.22. The molecule has 8 nitrogen and oxygen atoms in total. The van der Waals surface area contributed by atoms with Crippen LogP contribution in [0.5, 0.6) is 0 Å². The van der Waals surface area contributed by atoms with Crippen LogP contribution in [-0.2, 0) is 4.74 Å². The van der Waals surface area contributed by atoms with Gasteiger partial charge in [-0.1, -0.05) is 36.4 Å². The van der Waals surface area contributed by atoms with E-state index in [2.05, 4.69) is 50.5 Å². The number of rotatable bonds is 3. The van der Waals surface area contributed by atoms with E-state index in [1.807, 2.05) is 99.6 Å². The van der Waals surface area contributed by atoms with Crippen molar-refractivity contribution < 1.29 is 19.1 Å². The molecular formula is C35H30I2N4O4. The van der Waals surface area contributed by atoms with Gasteiger partial charge in [-0.05, 0) is 127 Å². The molecule has 3 N–H and O–H groups in total. The molecule has 0 aliphatic carbocycles. The third-order valence-corrected chi connectivity index (χ3v) is 9.12. The SMILES string of the molecule is CC(C)(C)OC(=O)Nc1ccc2c(ccn2C(=O)c2ccccc2)c1I.Nc1ccc2c(ccn2C(=O)c2ccccc2)c1I. The topological polar surface area (TPSA) is 108 Å². The van der Waals surface area contributed by atoms with E-state index < -0.39 is 11.7 Å². The van der Waals surface area contributed by atoms with Crippen LogP contribution in [0.3, 0.4) is 0 Å². The molecule has 10 heteroatoms. The molecule has 0 saturated heterocycles. The number of hydrogen-bond acceptors (Lipinski definition) is 5. The monoisotopic (exact) mass is 824 g/mol. The van der Waals surface area contributed by atoms with Crippen molar-refractivity contribution in [3.63, 3.8) is 0 Å². The van der Waals surface area contributed by atoms with E-state index in [1.54, 1.807) is 39.7 Å². The van der Waals surface area contributed by atoms with Gasteiger partial charge in [0.2, 0.25) is 0 Å². The molecule has 0 spiro atoms. The maximum absolute atomic E-state index is 12.7. The first-order valence-corrected chi connectivity index (χ1v) is 16.1. The molecule has 0 radical (unpaired) electrons. The largest absolute Gasteiger partial charge is 0.444 e. The number of anilines is 2. The number of carbonyl (C=O) groups is 3. The second-order valence-electron chi connectivity index (χ2n) is 11.1. The summed E-state index contributed by atoms with van der Waals surface area (Å²) in [6, 6.07) is 29.5. The molecular weight excluding hydrogens is 794 g/mol. The van der Waals surface area contributed by atoms with Gasteiger partial charge in [-0.3, -0.25) is 24.0 Å². The highest BCUT2D eigenvalue weighted by Crippen LogP contribution is 2.30. The predicted molar refractivity (Wildman–Crippen MR) is 196 cm³/mol. The molecule has 0 unspecified atom stereocenters. The molecule has 2 aromatic heterocycles. The third-order valence-electron chi connectivity index (χ3n) is 6.76. The molecule has 1 amide bonds. The van der Waals surface area contributed by atoms with Crippen molar-refractivity contribution in [3.8, 4) is 0 Å². The van der Waals surface area contributed by atoms with Crippen molar-refractivity contribution in [1.82, 2.24) is 9.13 Å². The molecule has 0 aliphatic rings. The van der Waals surface area contributed by atoms with Crippen LogP contribution in [0.1, 0.15) is 41.5 Å². The molecule has 228 valence electrons. The van der Waals surface area contributed by atoms with Crippen LogP contribution in [0.4, 0.5) is 16.2 Å². The smallest absolute Gasteiger partial charge is 0.412 e. The van der Waals surface area contributed by atoms with Gasteiger partial charge in [0.15, 0.2) is 0 Å². The Morgan fingerprint density at radius 2 is 1.13 bits per heavy atom. The lowest BCUT2D eigenvalue weighted by Crippen LogP contribution is -2.27. The van der Waals surface area contributed by atoms with Gasteiger partial charge >= 0.3 is 6.09 Å². The number of carbonyl (C=O) groups excluding carboxylic acids is 3. The average Bonchev–Trinajstić information content (AvgIpc) is 3.66. The highest BCUT2D eigenvalue weighted by molar-refractivity contribution is 14.1. The fourth-order valence-electron chi connectivity index (χ4n) is 4.68. The zero-order valence-corrected chi connectivity index (χ0v) is 29.1. The van der Waals surface area contributed by atoms with Crippen LogP contribution in [-0.4, -0.2) is 32.6 Å². The average molecular weight is 824 g/mol. The Morgan fingerprint density at radius 1 is 0.667 bits per heavy atom. The van der Waals surface area contributed by atoms with E-state index in [9.17, 15) is 14.4 Å². The van der Waals surface area contributed by atoms with Crippen LogP contribution in [0.2, 0.25) is 0 Å². The Labute approximate surface area is 287 Å². The molecule has 0 atom stereocenters. The summed E-state index contributed by atoms with van der Waals surface area (Å²) in [6.45, 7) is 5.45. The van der Waals surface area contributed by atoms with Crippen molar-refractivity contribution in [2.45, 2.75) is 26.4 Å². The first kappa shape index (κ1) is 32.2. The Hall–Kier alpha value is -4.17. The molecule has 6 aromatic rings. The number of fused-ring (bicyclic) bond motifs is 2. The van der Waals surface area contributed by atoms with E-state index in [0.717, 1.165) is 34.6 Å². The minimum absolute atomic E-state index is 0.0313. The van der Waals surface area contributed by atoms with Crippen LogP contribution in [0.15, 0.2) is 109 Å². The maximum atomic E-state index is 12.7. The minimum atomic E-state index is -0.564. The lowest BCUT2D eigenvalue weighted by atomic mass is 10.2. The van der Waals surface area contributed by atoms with E-state index in [-0.39, 0.29) is 11.8 Å². The Bertz CT molecular complexity index is 2030. The van der Waals surface area contributed by atoms with Crippen LogP contribution in [0, 0.1) is 7.14 Å². The van der Waals surface area contributed by atoms with Gasteiger partial charge in [0.25, 0.3) is 11.8 Å². The minimum Gasteiger partial charge on any atom is -0.444 e. The van der Waals surface area contributed by atoms with Crippen molar-refractivity contribution in [2.24, 2.45) is 0 Å². The standard InChI is InChI=1S/C20H19IN2O3.C15H11IN2O/c1-20(2,3)26-19(25)22-15-9-10-16-14(17(15)21)11-12-23(16)18(24)13-7-5-4-6-8-13;16-14-11-8-9-18(13(11)7-6-12(14)17)15(19)10-4-2-1-3-5-10/h4-12H,1-3H3,(H,22,25);1-9H,17H2. The molecule has 4 aromatic carbocycles. The quantitative estimate of drug-likeness (QED) is 0.137. The summed E-state index contributed by atoms with van der Waals surface area (Å²) in [5.41, 5.74) is 9.67. The van der Waals surface area contributed by atoms with Gasteiger partial charge in [-0.25, -0.2) is 4.79 Å². The summed E-state index contributed by atoms with van der Waals surface area (Å²) >= 11 is 4.37. The number of aromatic nitrogens is 2. The van der Waals surface area contributed by atoms with E-state index in [4.69, 9.17) is 10.5 Å². The molecule has 2 heterocycles. The molecule has 0 aliphatic heterocycles. The number of amides is 1. The molecule has 0 saturated carbocycles. The van der Waals surface area contributed by atoms with E-state index in [0.29, 0.717) is 16.8 Å². The first-order chi connectivity index (χ1) is 21.4. The van der Waals surface area contributed by atoms with Crippen molar-refractivity contribution in [2.75, 3.05) is 11.1 Å². The second kappa shape index (κ2) is 13.4. The lowest BCUT2D eigenvalue weighted by molar-refractivity contribution is 0.0635. The van der Waals surface area contributed by atoms with Crippen molar-refractivity contribution >= 4 is 96.3 Å². The van der Waals surface area contributed by atoms with E-state index >= 15 is 0 Å². The number of hydrogen-bond donors (Lipinski definition) is 2. The number of nitrogens with zero attached hydrogens (tertiary/aromatic N) is 2. The normalized spacial score (nSPS) is 11.1. The zero-order chi connectivity index (χ0) is 32.3. The number of ether oxygens (including phenoxy) is 1. The summed E-state index contributed by atoms with van der Waals surface area (Å²) < 4.78 is 10.4. The summed E-state index contributed by atoms with van der Waals surface area (Å²) in [5, 5.41) is 4.66. The molecule has 45 heavy (non-hydrogen) atoms. The maximum Gasteiger partial charge on any atom is 0.412 e. The highest BCUT2D eigenvalue weighted by atomic mass is 127. The van der Waals surface area contributed by atoms with Crippen LogP contribution >= 0.6 is 45.2 Å². The fraction of sp³-hybridized carbons (Fsp3) is 0.114. The molecule has 0 bridgehead atoms. The highest BCUT2D eigenvalue weighted by Gasteiger charge is 2.19. The van der Waals surface area contributed by atoms with Crippen LogP contribution < -0.4 is 11.1 Å². The Morgan fingerprint density at radius 3 is 1.62 bits per heavy atom. The Balaban J connectivity index is 0.000000186. The number of benzene rings is 4. The molecule has 0 fully saturated rings. The summed E-state index contributed by atoms with van der Waals surface area (Å²) in [5.74, 6) is -0.125. The van der Waals surface area contributed by atoms with Gasteiger partial charge in [-0.15, -0.1) is 0 Å². The first-order valence-electron chi connectivity index (χ1n) is 14.0. The lowest BCUT2D eigenvalue weighted by Gasteiger charge is -2.20. The number of nitrogens with one attached hydrogen (secondary N) is 1. The second-order valence-corrected chi connectivity index (χ2v) is 13.3. The number of nitrogens with two attached hydrogens (primary N) is 1. The number of halogens is 2. The number of nitrogen functional groups attached to an aromatic ring is 1. The predicted octanol–water partition coefficient (Wildman–Crippen LogP) is 8.80. The van der Waals surface area contributed by atoms with Gasteiger partial charge < -0.3 is 10.5 Å². The summed E-state index contributed by atoms with van der Waals surface area (Å²) in [6.07, 6.45) is 3.04. The Kier molecular flexibility index (Phi) is 9.63. The zero-order valence-electron chi connectivity index (χ0n) is 24.8. The molecule has 6 rings (SSSR count). The van der Waals surface area contributed by atoms with Gasteiger partial charge in [0.05, 0.1) is 16.7 Å². The van der Waals surface area contributed by atoms with Crippen LogP contribution in [0.25, 0.3) is 21.8 Å². The van der Waals surface area contributed by atoms with Crippen molar-refractivity contribution in [1.29, 1.82) is 0 Å². The van der Waals surface area contributed by atoms with E-state index in [1.165, 1.54) is 0 Å². The van der Waals surface area contributed by atoms with Crippen molar-refractivity contribution in [3.05, 3.63) is 128 Å².